The average Bonchev–Trinajstić information content (AvgIpc) is 2.29. The van der Waals surface area contributed by atoms with Gasteiger partial charge < -0.3 is 11.5 Å². The van der Waals surface area contributed by atoms with Gasteiger partial charge in [0.2, 0.25) is 0 Å². The van der Waals surface area contributed by atoms with Crippen molar-refractivity contribution in [1.82, 2.24) is 9.97 Å². The summed E-state index contributed by atoms with van der Waals surface area (Å²) in [6.45, 7) is 2.07. The van der Waals surface area contributed by atoms with Gasteiger partial charge in [-0.1, -0.05) is 13.0 Å². The van der Waals surface area contributed by atoms with E-state index in [1.165, 1.54) is 0 Å². The number of nitrogens with zero attached hydrogens (tertiary/aromatic N) is 2. The minimum absolute atomic E-state index is 0.430. The number of rotatable bonds is 2. The quantitative estimate of drug-likeness (QED) is 0.800. The lowest BCUT2D eigenvalue weighted by Gasteiger charge is -2.05. The topological polar surface area (TPSA) is 77.8 Å². The second-order valence-corrected chi connectivity index (χ2v) is 3.56. The third kappa shape index (κ3) is 1.95. The molecule has 0 radical (unpaired) electrons. The third-order valence-electron chi connectivity index (χ3n) is 2.44. The molecule has 4 N–H and O–H groups in total. The van der Waals surface area contributed by atoms with Gasteiger partial charge >= 0.3 is 0 Å². The van der Waals surface area contributed by atoms with E-state index in [4.69, 9.17) is 11.5 Å². The fraction of sp³-hybridized carbons (Fsp3) is 0.167. The Hall–Kier alpha value is -2.10. The Morgan fingerprint density at radius 1 is 1.12 bits per heavy atom. The molecule has 2 rings (SSSR count). The van der Waals surface area contributed by atoms with Gasteiger partial charge in [0.1, 0.15) is 11.6 Å². The molecule has 0 bridgehead atoms. The molecule has 0 atom stereocenters. The highest BCUT2D eigenvalue weighted by molar-refractivity contribution is 5.74. The molecule has 0 aliphatic carbocycles. The zero-order chi connectivity index (χ0) is 11.5. The van der Waals surface area contributed by atoms with Gasteiger partial charge in [0.15, 0.2) is 0 Å². The van der Waals surface area contributed by atoms with Crippen LogP contribution >= 0.6 is 0 Å². The lowest BCUT2D eigenvalue weighted by atomic mass is 10.1. The van der Waals surface area contributed by atoms with E-state index >= 15 is 0 Å². The van der Waals surface area contributed by atoms with Gasteiger partial charge in [0.05, 0.1) is 0 Å². The second kappa shape index (κ2) is 4.18. The summed E-state index contributed by atoms with van der Waals surface area (Å²) < 4.78 is 0. The minimum Gasteiger partial charge on any atom is -0.384 e. The predicted octanol–water partition coefficient (Wildman–Crippen LogP) is 1.87. The molecule has 0 spiro atoms. The lowest BCUT2D eigenvalue weighted by Crippen LogP contribution is -1.98. The van der Waals surface area contributed by atoms with Crippen LogP contribution in [0, 0.1) is 0 Å². The molecular formula is C12H14N4. The van der Waals surface area contributed by atoms with Crippen molar-refractivity contribution in [3.8, 4) is 11.1 Å². The number of pyridine rings is 2. The van der Waals surface area contributed by atoms with Gasteiger partial charge in [-0.2, -0.15) is 0 Å². The number of anilines is 2. The normalized spacial score (nSPS) is 10.3. The summed E-state index contributed by atoms with van der Waals surface area (Å²) in [5, 5.41) is 0. The fourth-order valence-corrected chi connectivity index (χ4v) is 1.53. The van der Waals surface area contributed by atoms with E-state index in [9.17, 15) is 0 Å². The SMILES string of the molecule is CCc1ccc(-c2ccc(N)nc2N)cn1. The maximum absolute atomic E-state index is 5.81. The Kier molecular flexibility index (Phi) is 2.72. The first kappa shape index (κ1) is 10.4. The third-order valence-corrected chi connectivity index (χ3v) is 2.44. The summed E-state index contributed by atoms with van der Waals surface area (Å²) in [5.74, 6) is 0.866. The first-order valence-electron chi connectivity index (χ1n) is 5.18. The molecule has 0 saturated carbocycles. The van der Waals surface area contributed by atoms with Gasteiger partial charge in [-0.15, -0.1) is 0 Å². The number of hydrogen-bond donors (Lipinski definition) is 2. The molecule has 0 aliphatic rings. The largest absolute Gasteiger partial charge is 0.384 e. The monoisotopic (exact) mass is 214 g/mol. The lowest BCUT2D eigenvalue weighted by molar-refractivity contribution is 1.04. The van der Waals surface area contributed by atoms with E-state index in [0.717, 1.165) is 23.2 Å². The maximum atomic E-state index is 5.81. The molecule has 4 nitrogen and oxygen atoms in total. The summed E-state index contributed by atoms with van der Waals surface area (Å²) in [6, 6.07) is 7.58. The summed E-state index contributed by atoms with van der Waals surface area (Å²) in [4.78, 5) is 8.34. The molecule has 4 heteroatoms. The molecule has 0 amide bonds. The Bertz CT molecular complexity index is 491. The summed E-state index contributed by atoms with van der Waals surface area (Å²) in [7, 11) is 0. The Balaban J connectivity index is 2.42. The number of hydrogen-bond acceptors (Lipinski definition) is 4. The van der Waals surface area contributed by atoms with Crippen LogP contribution in [0.4, 0.5) is 11.6 Å². The van der Waals surface area contributed by atoms with Crippen molar-refractivity contribution in [3.05, 3.63) is 36.2 Å². The highest BCUT2D eigenvalue weighted by atomic mass is 14.9. The first-order valence-corrected chi connectivity index (χ1v) is 5.18. The molecule has 82 valence electrons. The number of aromatic nitrogens is 2. The standard InChI is InChI=1S/C12H14N4/c1-2-9-4-3-8(7-15-9)10-5-6-11(13)16-12(10)14/h3-7H,2H2,1H3,(H4,13,14,16). The van der Waals surface area contributed by atoms with Crippen molar-refractivity contribution in [3.63, 3.8) is 0 Å². The van der Waals surface area contributed by atoms with E-state index in [1.54, 1.807) is 6.07 Å². The van der Waals surface area contributed by atoms with Crippen molar-refractivity contribution in [1.29, 1.82) is 0 Å². The van der Waals surface area contributed by atoms with Crippen molar-refractivity contribution in [2.45, 2.75) is 13.3 Å². The van der Waals surface area contributed by atoms with E-state index < -0.39 is 0 Å². The first-order chi connectivity index (χ1) is 7.70. The van der Waals surface area contributed by atoms with E-state index in [-0.39, 0.29) is 0 Å². The van der Waals surface area contributed by atoms with Crippen LogP contribution in [0.15, 0.2) is 30.5 Å². The zero-order valence-corrected chi connectivity index (χ0v) is 9.14. The van der Waals surface area contributed by atoms with Crippen LogP contribution in [0.2, 0.25) is 0 Å². The second-order valence-electron chi connectivity index (χ2n) is 3.56. The van der Waals surface area contributed by atoms with Gasteiger partial charge in [-0.25, -0.2) is 4.98 Å². The number of nitrogens with two attached hydrogens (primary N) is 2. The Labute approximate surface area is 94.3 Å². The van der Waals surface area contributed by atoms with Crippen molar-refractivity contribution in [2.24, 2.45) is 0 Å². The fourth-order valence-electron chi connectivity index (χ4n) is 1.53. The molecular weight excluding hydrogens is 200 g/mol. The van der Waals surface area contributed by atoms with Crippen LogP contribution in [0.3, 0.4) is 0 Å². The van der Waals surface area contributed by atoms with Gasteiger partial charge in [0.25, 0.3) is 0 Å². The van der Waals surface area contributed by atoms with E-state index in [1.807, 2.05) is 24.4 Å². The van der Waals surface area contributed by atoms with Crippen LogP contribution in [0.1, 0.15) is 12.6 Å². The average molecular weight is 214 g/mol. The number of nitrogen functional groups attached to an aromatic ring is 2. The summed E-state index contributed by atoms with van der Waals surface area (Å²) in [6.07, 6.45) is 2.73. The molecule has 0 aromatic carbocycles. The molecule has 2 aromatic heterocycles. The van der Waals surface area contributed by atoms with Crippen molar-refractivity contribution >= 4 is 11.6 Å². The van der Waals surface area contributed by atoms with Gasteiger partial charge in [-0.05, 0) is 24.6 Å². The Morgan fingerprint density at radius 2 is 1.94 bits per heavy atom. The maximum Gasteiger partial charge on any atom is 0.133 e. The van der Waals surface area contributed by atoms with Crippen molar-refractivity contribution in [2.75, 3.05) is 11.5 Å². The predicted molar refractivity (Wildman–Crippen MR) is 65.7 cm³/mol. The highest BCUT2D eigenvalue weighted by Gasteiger charge is 2.04. The highest BCUT2D eigenvalue weighted by Crippen LogP contribution is 2.24. The smallest absolute Gasteiger partial charge is 0.133 e. The van der Waals surface area contributed by atoms with Crippen LogP contribution in [0.25, 0.3) is 11.1 Å². The molecule has 0 fully saturated rings. The van der Waals surface area contributed by atoms with E-state index in [0.29, 0.717) is 11.6 Å². The summed E-state index contributed by atoms with van der Waals surface area (Å²) >= 11 is 0. The van der Waals surface area contributed by atoms with Crippen molar-refractivity contribution < 1.29 is 0 Å². The molecule has 16 heavy (non-hydrogen) atoms. The molecule has 0 unspecified atom stereocenters. The van der Waals surface area contributed by atoms with Crippen LogP contribution in [-0.4, -0.2) is 9.97 Å². The number of aryl methyl sites for hydroxylation is 1. The van der Waals surface area contributed by atoms with Gasteiger partial charge in [-0.3, -0.25) is 4.98 Å². The molecule has 2 heterocycles. The van der Waals surface area contributed by atoms with Gasteiger partial charge in [0, 0.05) is 23.0 Å². The van der Waals surface area contributed by atoms with Crippen LogP contribution in [0.5, 0.6) is 0 Å². The molecule has 0 saturated heterocycles. The molecule has 0 aliphatic heterocycles. The van der Waals surface area contributed by atoms with Crippen LogP contribution in [-0.2, 0) is 6.42 Å². The Morgan fingerprint density at radius 3 is 2.50 bits per heavy atom. The van der Waals surface area contributed by atoms with Crippen LogP contribution < -0.4 is 11.5 Å². The minimum atomic E-state index is 0.430. The zero-order valence-electron chi connectivity index (χ0n) is 9.14. The summed E-state index contributed by atoms with van der Waals surface area (Å²) in [5.41, 5.74) is 14.2. The molecule has 2 aromatic rings. The van der Waals surface area contributed by atoms with E-state index in [2.05, 4.69) is 16.9 Å².